The standard InChI is InChI=1S/C15H23N3S/c1-11-8-18(10-14(11)17(2)3)9-12-4-6-13(7-5-12)15(16)19/h4-7,11,14H,8-10H2,1-3H3,(H2,16,19). The van der Waals surface area contributed by atoms with Gasteiger partial charge in [-0.3, -0.25) is 4.90 Å². The second-order valence-electron chi connectivity index (χ2n) is 5.76. The van der Waals surface area contributed by atoms with Crippen molar-refractivity contribution >= 4 is 17.2 Å². The Labute approximate surface area is 121 Å². The molecule has 1 heterocycles. The van der Waals surface area contributed by atoms with Crippen LogP contribution in [-0.2, 0) is 6.54 Å². The Hall–Kier alpha value is -0.970. The Balaban J connectivity index is 1.97. The Kier molecular flexibility index (Phi) is 4.55. The van der Waals surface area contributed by atoms with Crippen molar-refractivity contribution in [1.82, 2.24) is 9.80 Å². The van der Waals surface area contributed by atoms with Gasteiger partial charge in [-0.05, 0) is 25.6 Å². The molecular weight excluding hydrogens is 254 g/mol. The molecule has 1 aromatic rings. The minimum Gasteiger partial charge on any atom is -0.389 e. The lowest BCUT2D eigenvalue weighted by atomic mass is 10.1. The summed E-state index contributed by atoms with van der Waals surface area (Å²) < 4.78 is 0. The first-order chi connectivity index (χ1) is 8.97. The number of benzene rings is 1. The van der Waals surface area contributed by atoms with E-state index in [0.717, 1.165) is 24.6 Å². The first-order valence-electron chi connectivity index (χ1n) is 6.75. The van der Waals surface area contributed by atoms with Crippen LogP contribution < -0.4 is 5.73 Å². The number of likely N-dealkylation sites (tertiary alicyclic amines) is 1. The van der Waals surface area contributed by atoms with Crippen LogP contribution in [0.2, 0.25) is 0 Å². The zero-order chi connectivity index (χ0) is 14.0. The number of hydrogen-bond acceptors (Lipinski definition) is 3. The Morgan fingerprint density at radius 1 is 1.32 bits per heavy atom. The maximum absolute atomic E-state index is 5.61. The maximum atomic E-state index is 5.61. The molecule has 0 saturated carbocycles. The van der Waals surface area contributed by atoms with Crippen LogP contribution in [0.5, 0.6) is 0 Å². The van der Waals surface area contributed by atoms with E-state index in [-0.39, 0.29) is 0 Å². The molecule has 2 unspecified atom stereocenters. The lowest BCUT2D eigenvalue weighted by Crippen LogP contribution is -2.34. The van der Waals surface area contributed by atoms with Crippen molar-refractivity contribution < 1.29 is 0 Å². The molecular formula is C15H23N3S. The summed E-state index contributed by atoms with van der Waals surface area (Å²) >= 11 is 4.97. The van der Waals surface area contributed by atoms with Crippen molar-refractivity contribution in [2.75, 3.05) is 27.2 Å². The molecule has 0 radical (unpaired) electrons. The first kappa shape index (κ1) is 14.4. The van der Waals surface area contributed by atoms with E-state index < -0.39 is 0 Å². The van der Waals surface area contributed by atoms with Gasteiger partial charge >= 0.3 is 0 Å². The molecule has 1 aromatic carbocycles. The molecule has 2 N–H and O–H groups in total. The molecule has 1 fully saturated rings. The topological polar surface area (TPSA) is 32.5 Å². The molecule has 3 nitrogen and oxygen atoms in total. The van der Waals surface area contributed by atoms with Gasteiger partial charge in [0.05, 0.1) is 0 Å². The molecule has 19 heavy (non-hydrogen) atoms. The first-order valence-corrected chi connectivity index (χ1v) is 7.15. The highest BCUT2D eigenvalue weighted by Gasteiger charge is 2.30. The molecule has 0 aliphatic carbocycles. The molecule has 0 spiro atoms. The average Bonchev–Trinajstić information content (AvgIpc) is 2.71. The second kappa shape index (κ2) is 5.99. The summed E-state index contributed by atoms with van der Waals surface area (Å²) in [5.41, 5.74) is 7.88. The van der Waals surface area contributed by atoms with E-state index in [0.29, 0.717) is 11.0 Å². The SMILES string of the molecule is CC1CN(Cc2ccc(C(N)=S)cc2)CC1N(C)C. The van der Waals surface area contributed by atoms with Gasteiger partial charge in [-0.15, -0.1) is 0 Å². The Morgan fingerprint density at radius 2 is 1.95 bits per heavy atom. The Morgan fingerprint density at radius 3 is 2.42 bits per heavy atom. The lowest BCUT2D eigenvalue weighted by molar-refractivity contribution is 0.250. The number of nitrogens with zero attached hydrogens (tertiary/aromatic N) is 2. The normalized spacial score (nSPS) is 24.0. The molecule has 0 bridgehead atoms. The largest absolute Gasteiger partial charge is 0.389 e. The Bertz CT molecular complexity index is 441. The summed E-state index contributed by atoms with van der Waals surface area (Å²) in [7, 11) is 4.34. The van der Waals surface area contributed by atoms with Crippen molar-refractivity contribution in [3.05, 3.63) is 35.4 Å². The van der Waals surface area contributed by atoms with Crippen LogP contribution in [0.1, 0.15) is 18.1 Å². The average molecular weight is 277 g/mol. The molecule has 1 aliphatic heterocycles. The summed E-state index contributed by atoms with van der Waals surface area (Å²) in [4.78, 5) is 5.32. The van der Waals surface area contributed by atoms with Gasteiger partial charge < -0.3 is 10.6 Å². The fourth-order valence-corrected chi connectivity index (χ4v) is 3.02. The van der Waals surface area contributed by atoms with Crippen LogP contribution in [0.25, 0.3) is 0 Å². The van der Waals surface area contributed by atoms with E-state index in [9.17, 15) is 0 Å². The van der Waals surface area contributed by atoms with Crippen molar-refractivity contribution in [1.29, 1.82) is 0 Å². The highest BCUT2D eigenvalue weighted by molar-refractivity contribution is 7.80. The van der Waals surface area contributed by atoms with Gasteiger partial charge in [0.25, 0.3) is 0 Å². The summed E-state index contributed by atoms with van der Waals surface area (Å²) in [5.74, 6) is 0.728. The van der Waals surface area contributed by atoms with Crippen LogP contribution in [0, 0.1) is 5.92 Å². The quantitative estimate of drug-likeness (QED) is 0.849. The summed E-state index contributed by atoms with van der Waals surface area (Å²) in [6.45, 7) is 5.65. The smallest absolute Gasteiger partial charge is 0.103 e. The maximum Gasteiger partial charge on any atom is 0.103 e. The molecule has 1 aliphatic rings. The molecule has 2 atom stereocenters. The van der Waals surface area contributed by atoms with Crippen molar-refractivity contribution in [3.63, 3.8) is 0 Å². The van der Waals surface area contributed by atoms with Crippen LogP contribution in [-0.4, -0.2) is 48.0 Å². The highest BCUT2D eigenvalue weighted by Crippen LogP contribution is 2.21. The van der Waals surface area contributed by atoms with E-state index in [1.54, 1.807) is 0 Å². The van der Waals surface area contributed by atoms with E-state index >= 15 is 0 Å². The third-order valence-electron chi connectivity index (χ3n) is 3.96. The van der Waals surface area contributed by atoms with E-state index in [4.69, 9.17) is 18.0 Å². The van der Waals surface area contributed by atoms with Crippen molar-refractivity contribution in [2.24, 2.45) is 11.7 Å². The number of hydrogen-bond donors (Lipinski definition) is 1. The predicted octanol–water partition coefficient (Wildman–Crippen LogP) is 1.70. The highest BCUT2D eigenvalue weighted by atomic mass is 32.1. The summed E-state index contributed by atoms with van der Waals surface area (Å²) in [5, 5.41) is 0. The van der Waals surface area contributed by atoms with E-state index in [1.807, 2.05) is 12.1 Å². The number of rotatable bonds is 4. The van der Waals surface area contributed by atoms with Crippen molar-refractivity contribution in [2.45, 2.75) is 19.5 Å². The molecule has 2 rings (SSSR count). The van der Waals surface area contributed by atoms with Crippen LogP contribution in [0.4, 0.5) is 0 Å². The fraction of sp³-hybridized carbons (Fsp3) is 0.533. The van der Waals surface area contributed by atoms with Gasteiger partial charge in [0.2, 0.25) is 0 Å². The number of nitrogens with two attached hydrogens (primary N) is 1. The lowest BCUT2D eigenvalue weighted by Gasteiger charge is -2.22. The van der Waals surface area contributed by atoms with Gasteiger partial charge in [0.15, 0.2) is 0 Å². The minimum absolute atomic E-state index is 0.467. The van der Waals surface area contributed by atoms with Gasteiger partial charge in [-0.25, -0.2) is 0 Å². The number of likely N-dealkylation sites (N-methyl/N-ethyl adjacent to an activating group) is 1. The number of thiocarbonyl (C=S) groups is 1. The monoisotopic (exact) mass is 277 g/mol. The molecule has 1 saturated heterocycles. The molecule has 4 heteroatoms. The summed E-state index contributed by atoms with van der Waals surface area (Å²) in [6, 6.07) is 8.95. The van der Waals surface area contributed by atoms with Gasteiger partial charge in [-0.1, -0.05) is 43.4 Å². The molecule has 104 valence electrons. The molecule has 0 aromatic heterocycles. The minimum atomic E-state index is 0.467. The third-order valence-corrected chi connectivity index (χ3v) is 4.19. The van der Waals surface area contributed by atoms with E-state index in [2.05, 4.69) is 43.0 Å². The van der Waals surface area contributed by atoms with Crippen molar-refractivity contribution in [3.8, 4) is 0 Å². The van der Waals surface area contributed by atoms with E-state index in [1.165, 1.54) is 12.1 Å². The second-order valence-corrected chi connectivity index (χ2v) is 6.20. The van der Waals surface area contributed by atoms with Gasteiger partial charge in [0.1, 0.15) is 4.99 Å². The molecule has 0 amide bonds. The fourth-order valence-electron chi connectivity index (χ4n) is 2.88. The van der Waals surface area contributed by atoms with Crippen LogP contribution in [0.15, 0.2) is 24.3 Å². The zero-order valence-corrected chi connectivity index (χ0v) is 12.8. The van der Waals surface area contributed by atoms with Gasteiger partial charge in [-0.2, -0.15) is 0 Å². The predicted molar refractivity (Wildman–Crippen MR) is 84.2 cm³/mol. The summed E-state index contributed by atoms with van der Waals surface area (Å²) in [6.07, 6.45) is 0. The third kappa shape index (κ3) is 3.53. The van der Waals surface area contributed by atoms with Crippen LogP contribution in [0.3, 0.4) is 0 Å². The van der Waals surface area contributed by atoms with Crippen LogP contribution >= 0.6 is 12.2 Å². The van der Waals surface area contributed by atoms with Gasteiger partial charge in [0, 0.05) is 31.2 Å². The zero-order valence-electron chi connectivity index (χ0n) is 12.0.